The molecule has 0 saturated heterocycles. The molecule has 0 heterocycles. The molecule has 0 atom stereocenters. The highest BCUT2D eigenvalue weighted by atomic mass is 16.2. The van der Waals surface area contributed by atoms with Gasteiger partial charge in [-0.25, -0.2) is 0 Å². The summed E-state index contributed by atoms with van der Waals surface area (Å²) in [6.45, 7) is 4.47. The van der Waals surface area contributed by atoms with Gasteiger partial charge in [0.15, 0.2) is 0 Å². The third-order valence-electron chi connectivity index (χ3n) is 3.16. The SMILES string of the molecule is CCCCC(=O)Nc1ccc(C)c(NC(=O)CCCN)c1. The van der Waals surface area contributed by atoms with E-state index in [1.54, 1.807) is 6.07 Å². The molecule has 0 aliphatic heterocycles. The van der Waals surface area contributed by atoms with Crippen molar-refractivity contribution < 1.29 is 9.59 Å². The lowest BCUT2D eigenvalue weighted by Gasteiger charge is -2.11. The molecule has 21 heavy (non-hydrogen) atoms. The van der Waals surface area contributed by atoms with Crippen LogP contribution in [0.3, 0.4) is 0 Å². The number of carbonyl (C=O) groups excluding carboxylic acids is 2. The summed E-state index contributed by atoms with van der Waals surface area (Å²) >= 11 is 0. The number of benzene rings is 1. The molecule has 0 radical (unpaired) electrons. The molecule has 5 nitrogen and oxygen atoms in total. The van der Waals surface area contributed by atoms with Crippen LogP contribution in [0.25, 0.3) is 0 Å². The molecule has 0 unspecified atom stereocenters. The summed E-state index contributed by atoms with van der Waals surface area (Å²) in [5.74, 6) is -0.0564. The summed E-state index contributed by atoms with van der Waals surface area (Å²) in [7, 11) is 0. The van der Waals surface area contributed by atoms with E-state index in [9.17, 15) is 9.59 Å². The Bertz CT molecular complexity index is 486. The molecule has 0 spiro atoms. The van der Waals surface area contributed by atoms with E-state index in [0.29, 0.717) is 31.5 Å². The first-order valence-corrected chi connectivity index (χ1v) is 7.47. The standard InChI is InChI=1S/C16H25N3O2/c1-3-4-6-15(20)18-13-9-8-12(2)14(11-13)19-16(21)7-5-10-17/h8-9,11H,3-7,10,17H2,1-2H3,(H,18,20)(H,19,21). The monoisotopic (exact) mass is 291 g/mol. The minimum absolute atomic E-state index is 0.00103. The highest BCUT2D eigenvalue weighted by Gasteiger charge is 2.07. The lowest BCUT2D eigenvalue weighted by atomic mass is 10.1. The maximum absolute atomic E-state index is 11.7. The van der Waals surface area contributed by atoms with Crippen LogP contribution in [0.15, 0.2) is 18.2 Å². The lowest BCUT2D eigenvalue weighted by molar-refractivity contribution is -0.117. The molecule has 1 aromatic carbocycles. The van der Waals surface area contributed by atoms with E-state index in [4.69, 9.17) is 5.73 Å². The van der Waals surface area contributed by atoms with Crippen LogP contribution in [0, 0.1) is 6.92 Å². The molecular weight excluding hydrogens is 266 g/mol. The lowest BCUT2D eigenvalue weighted by Crippen LogP contribution is -2.15. The minimum Gasteiger partial charge on any atom is -0.330 e. The van der Waals surface area contributed by atoms with E-state index in [1.165, 1.54) is 0 Å². The van der Waals surface area contributed by atoms with Crippen molar-refractivity contribution in [3.63, 3.8) is 0 Å². The van der Waals surface area contributed by atoms with Gasteiger partial charge >= 0.3 is 0 Å². The second-order valence-electron chi connectivity index (χ2n) is 5.12. The van der Waals surface area contributed by atoms with E-state index in [1.807, 2.05) is 26.0 Å². The van der Waals surface area contributed by atoms with E-state index in [2.05, 4.69) is 10.6 Å². The number of rotatable bonds is 8. The summed E-state index contributed by atoms with van der Waals surface area (Å²) < 4.78 is 0. The number of amides is 2. The van der Waals surface area contributed by atoms with Crippen LogP contribution in [0.2, 0.25) is 0 Å². The van der Waals surface area contributed by atoms with Crippen LogP contribution < -0.4 is 16.4 Å². The fourth-order valence-electron chi connectivity index (χ4n) is 1.87. The zero-order valence-corrected chi connectivity index (χ0v) is 12.9. The summed E-state index contributed by atoms with van der Waals surface area (Å²) in [5.41, 5.74) is 7.78. The Morgan fingerprint density at radius 2 is 1.76 bits per heavy atom. The number of nitrogens with one attached hydrogen (secondary N) is 2. The van der Waals surface area contributed by atoms with Crippen molar-refractivity contribution in [2.24, 2.45) is 5.73 Å². The van der Waals surface area contributed by atoms with Gasteiger partial charge in [0, 0.05) is 24.2 Å². The largest absolute Gasteiger partial charge is 0.330 e. The van der Waals surface area contributed by atoms with Crippen LogP contribution in [-0.4, -0.2) is 18.4 Å². The van der Waals surface area contributed by atoms with E-state index in [-0.39, 0.29) is 11.8 Å². The minimum atomic E-state index is -0.0574. The molecule has 1 aromatic rings. The average molecular weight is 291 g/mol. The van der Waals surface area contributed by atoms with Crippen molar-refractivity contribution in [2.45, 2.75) is 46.0 Å². The van der Waals surface area contributed by atoms with Gasteiger partial charge < -0.3 is 16.4 Å². The van der Waals surface area contributed by atoms with Gasteiger partial charge in [0.05, 0.1) is 0 Å². The van der Waals surface area contributed by atoms with E-state index >= 15 is 0 Å². The fraction of sp³-hybridized carbons (Fsp3) is 0.500. The van der Waals surface area contributed by atoms with Crippen LogP contribution in [0.4, 0.5) is 11.4 Å². The Hall–Kier alpha value is -1.88. The Labute approximate surface area is 126 Å². The molecule has 116 valence electrons. The molecule has 2 amide bonds. The van der Waals surface area contributed by atoms with Gasteiger partial charge in [0.25, 0.3) is 0 Å². The van der Waals surface area contributed by atoms with E-state index in [0.717, 1.165) is 24.1 Å². The van der Waals surface area contributed by atoms with Gasteiger partial charge in [-0.3, -0.25) is 9.59 Å². The molecule has 0 aromatic heterocycles. The zero-order valence-electron chi connectivity index (χ0n) is 12.9. The number of carbonyl (C=O) groups is 2. The smallest absolute Gasteiger partial charge is 0.224 e. The third kappa shape index (κ3) is 6.40. The van der Waals surface area contributed by atoms with Gasteiger partial charge in [-0.2, -0.15) is 0 Å². The van der Waals surface area contributed by atoms with Gasteiger partial charge in [-0.15, -0.1) is 0 Å². The molecule has 0 aliphatic rings. The maximum Gasteiger partial charge on any atom is 0.224 e. The molecule has 0 aliphatic carbocycles. The number of nitrogens with two attached hydrogens (primary N) is 1. The number of anilines is 2. The molecule has 0 fully saturated rings. The highest BCUT2D eigenvalue weighted by Crippen LogP contribution is 2.21. The number of unbranched alkanes of at least 4 members (excludes halogenated alkanes) is 1. The third-order valence-corrected chi connectivity index (χ3v) is 3.16. The van der Waals surface area contributed by atoms with Crippen LogP contribution in [0.5, 0.6) is 0 Å². The van der Waals surface area contributed by atoms with Crippen molar-refractivity contribution in [1.82, 2.24) is 0 Å². The number of aryl methyl sites for hydroxylation is 1. The predicted molar refractivity (Wildman–Crippen MR) is 86.3 cm³/mol. The van der Waals surface area contributed by atoms with Gasteiger partial charge in [0.1, 0.15) is 0 Å². The van der Waals surface area contributed by atoms with Crippen LogP contribution >= 0.6 is 0 Å². The first-order valence-electron chi connectivity index (χ1n) is 7.47. The summed E-state index contributed by atoms with van der Waals surface area (Å²) in [4.78, 5) is 23.5. The maximum atomic E-state index is 11.7. The molecule has 1 rings (SSSR count). The summed E-state index contributed by atoms with van der Waals surface area (Å²) in [6, 6.07) is 5.52. The highest BCUT2D eigenvalue weighted by molar-refractivity contribution is 5.94. The van der Waals surface area contributed by atoms with Crippen molar-refractivity contribution in [1.29, 1.82) is 0 Å². The van der Waals surface area contributed by atoms with Crippen molar-refractivity contribution in [2.75, 3.05) is 17.2 Å². The van der Waals surface area contributed by atoms with Crippen molar-refractivity contribution in [3.8, 4) is 0 Å². The normalized spacial score (nSPS) is 10.2. The predicted octanol–water partition coefficient (Wildman–Crippen LogP) is 2.80. The summed E-state index contributed by atoms with van der Waals surface area (Å²) in [5, 5.41) is 5.71. The summed E-state index contributed by atoms with van der Waals surface area (Å²) in [6.07, 6.45) is 3.45. The zero-order chi connectivity index (χ0) is 15.7. The number of hydrogen-bond donors (Lipinski definition) is 3. The quantitative estimate of drug-likeness (QED) is 0.688. The second-order valence-corrected chi connectivity index (χ2v) is 5.12. The van der Waals surface area contributed by atoms with Gasteiger partial charge in [-0.1, -0.05) is 19.4 Å². The molecular formula is C16H25N3O2. The van der Waals surface area contributed by atoms with Gasteiger partial charge in [0.2, 0.25) is 11.8 Å². The second kappa shape index (κ2) is 9.13. The number of hydrogen-bond acceptors (Lipinski definition) is 3. The first-order chi connectivity index (χ1) is 10.1. The van der Waals surface area contributed by atoms with Crippen LogP contribution in [0.1, 0.15) is 44.6 Å². The molecule has 0 bridgehead atoms. The van der Waals surface area contributed by atoms with E-state index < -0.39 is 0 Å². The van der Waals surface area contributed by atoms with Gasteiger partial charge in [-0.05, 0) is 44.0 Å². The fourth-order valence-corrected chi connectivity index (χ4v) is 1.87. The van der Waals surface area contributed by atoms with Crippen molar-refractivity contribution >= 4 is 23.2 Å². The topological polar surface area (TPSA) is 84.2 Å². The molecule has 4 N–H and O–H groups in total. The van der Waals surface area contributed by atoms with Crippen LogP contribution in [-0.2, 0) is 9.59 Å². The Kier molecular flexibility index (Phi) is 7.46. The first kappa shape index (κ1) is 17.2. The Morgan fingerprint density at radius 3 is 2.43 bits per heavy atom. The molecule has 0 saturated carbocycles. The Morgan fingerprint density at radius 1 is 1.10 bits per heavy atom. The molecule has 5 heteroatoms. The van der Waals surface area contributed by atoms with Crippen molar-refractivity contribution in [3.05, 3.63) is 23.8 Å². The Balaban J connectivity index is 2.66. The average Bonchev–Trinajstić information content (AvgIpc) is 2.46.